The molecule has 0 aromatic heterocycles. The SMILES string of the molecule is CC1(CO)CCCN1CCCN1CCN(C(=O)C=Cc2ccc(Cl)c(Cl)c2)CCC1=O. The number of aliphatic hydroxyl groups is 1. The van der Waals surface area contributed by atoms with Crippen molar-refractivity contribution in [1.29, 1.82) is 0 Å². The van der Waals surface area contributed by atoms with Gasteiger partial charge in [-0.05, 0) is 56.5 Å². The van der Waals surface area contributed by atoms with E-state index in [1.54, 1.807) is 29.2 Å². The molecule has 31 heavy (non-hydrogen) atoms. The van der Waals surface area contributed by atoms with Crippen molar-refractivity contribution in [3.8, 4) is 0 Å². The van der Waals surface area contributed by atoms with Crippen LogP contribution in [0.1, 0.15) is 38.2 Å². The quantitative estimate of drug-likeness (QED) is 0.624. The van der Waals surface area contributed by atoms with Gasteiger partial charge in [-0.3, -0.25) is 14.5 Å². The summed E-state index contributed by atoms with van der Waals surface area (Å²) in [5.74, 6) is -0.0217. The average Bonchev–Trinajstić information content (AvgIpc) is 3.02. The van der Waals surface area contributed by atoms with E-state index >= 15 is 0 Å². The van der Waals surface area contributed by atoms with Gasteiger partial charge in [0.25, 0.3) is 0 Å². The van der Waals surface area contributed by atoms with Crippen LogP contribution < -0.4 is 0 Å². The van der Waals surface area contributed by atoms with Crippen molar-refractivity contribution in [2.24, 2.45) is 0 Å². The molecule has 3 rings (SSSR count). The first-order chi connectivity index (χ1) is 14.8. The first kappa shape index (κ1) is 24.1. The summed E-state index contributed by atoms with van der Waals surface area (Å²) in [6.45, 7) is 6.31. The monoisotopic (exact) mass is 467 g/mol. The Kier molecular flexibility index (Phi) is 8.39. The number of hydrogen-bond donors (Lipinski definition) is 1. The lowest BCUT2D eigenvalue weighted by atomic mass is 10.0. The third-order valence-electron chi connectivity index (χ3n) is 6.37. The lowest BCUT2D eigenvalue weighted by molar-refractivity contribution is -0.130. The minimum absolute atomic E-state index is 0.0927. The molecule has 2 fully saturated rings. The molecule has 1 aromatic rings. The molecule has 0 bridgehead atoms. The number of carbonyl (C=O) groups is 2. The molecule has 2 amide bonds. The Bertz CT molecular complexity index is 832. The summed E-state index contributed by atoms with van der Waals surface area (Å²) in [4.78, 5) is 31.0. The van der Waals surface area contributed by atoms with E-state index in [0.29, 0.717) is 42.6 Å². The molecule has 8 heteroatoms. The topological polar surface area (TPSA) is 64.1 Å². The number of carbonyl (C=O) groups excluding carboxylic acids is 2. The highest BCUT2D eigenvalue weighted by molar-refractivity contribution is 6.42. The van der Waals surface area contributed by atoms with Gasteiger partial charge in [0.1, 0.15) is 0 Å². The van der Waals surface area contributed by atoms with E-state index in [0.717, 1.165) is 37.9 Å². The molecule has 1 aromatic carbocycles. The lowest BCUT2D eigenvalue weighted by Gasteiger charge is -2.34. The van der Waals surface area contributed by atoms with Crippen LogP contribution in [0.25, 0.3) is 6.08 Å². The van der Waals surface area contributed by atoms with E-state index in [-0.39, 0.29) is 24.0 Å². The summed E-state index contributed by atoms with van der Waals surface area (Å²) in [6.07, 6.45) is 6.55. The van der Waals surface area contributed by atoms with Gasteiger partial charge in [0, 0.05) is 50.8 Å². The van der Waals surface area contributed by atoms with Crippen molar-refractivity contribution in [2.75, 3.05) is 45.9 Å². The van der Waals surface area contributed by atoms with Crippen LogP contribution in [0.2, 0.25) is 10.0 Å². The van der Waals surface area contributed by atoms with E-state index in [9.17, 15) is 14.7 Å². The minimum atomic E-state index is -0.132. The molecule has 2 aliphatic rings. The Morgan fingerprint density at radius 2 is 1.97 bits per heavy atom. The zero-order valence-corrected chi connectivity index (χ0v) is 19.5. The molecule has 0 radical (unpaired) electrons. The van der Waals surface area contributed by atoms with Crippen molar-refractivity contribution < 1.29 is 14.7 Å². The number of nitrogens with zero attached hydrogens (tertiary/aromatic N) is 3. The molecule has 0 aliphatic carbocycles. The van der Waals surface area contributed by atoms with E-state index in [4.69, 9.17) is 23.2 Å². The number of halogens is 2. The van der Waals surface area contributed by atoms with Gasteiger partial charge >= 0.3 is 0 Å². The molecule has 0 saturated carbocycles. The number of likely N-dealkylation sites (tertiary alicyclic amines) is 1. The van der Waals surface area contributed by atoms with Gasteiger partial charge < -0.3 is 14.9 Å². The summed E-state index contributed by atoms with van der Waals surface area (Å²) >= 11 is 11.9. The van der Waals surface area contributed by atoms with Crippen LogP contribution in [0.4, 0.5) is 0 Å². The fraction of sp³-hybridized carbons (Fsp3) is 0.565. The van der Waals surface area contributed by atoms with Crippen molar-refractivity contribution in [2.45, 2.75) is 38.1 Å². The maximum Gasteiger partial charge on any atom is 0.246 e. The molecule has 1 atom stereocenters. The van der Waals surface area contributed by atoms with Crippen LogP contribution in [0.3, 0.4) is 0 Å². The Labute approximate surface area is 194 Å². The highest BCUT2D eigenvalue weighted by atomic mass is 35.5. The molecule has 1 N–H and O–H groups in total. The molecule has 0 spiro atoms. The van der Waals surface area contributed by atoms with E-state index in [2.05, 4.69) is 11.8 Å². The van der Waals surface area contributed by atoms with E-state index in [1.807, 2.05) is 4.90 Å². The number of amides is 2. The molecular weight excluding hydrogens is 437 g/mol. The van der Waals surface area contributed by atoms with Gasteiger partial charge in [-0.15, -0.1) is 0 Å². The van der Waals surface area contributed by atoms with Crippen LogP contribution in [0, 0.1) is 0 Å². The Morgan fingerprint density at radius 1 is 1.16 bits per heavy atom. The summed E-state index contributed by atoms with van der Waals surface area (Å²) < 4.78 is 0. The Morgan fingerprint density at radius 3 is 2.71 bits per heavy atom. The third kappa shape index (κ3) is 6.22. The highest BCUT2D eigenvalue weighted by Crippen LogP contribution is 2.28. The van der Waals surface area contributed by atoms with Crippen LogP contribution >= 0.6 is 23.2 Å². The van der Waals surface area contributed by atoms with Crippen molar-refractivity contribution in [3.63, 3.8) is 0 Å². The van der Waals surface area contributed by atoms with Gasteiger partial charge in [0.05, 0.1) is 16.7 Å². The highest BCUT2D eigenvalue weighted by Gasteiger charge is 2.35. The average molecular weight is 468 g/mol. The standard InChI is InChI=1S/C23H31Cl2N3O3/c1-23(17-29)9-2-11-28(23)12-3-10-26-14-15-27(13-8-22(26)31)21(30)7-5-18-4-6-19(24)20(25)16-18/h4-7,16,29H,2-3,8-15,17H2,1H3. The van der Waals surface area contributed by atoms with Crippen LogP contribution in [-0.4, -0.2) is 83.0 Å². The number of benzene rings is 1. The summed E-state index contributed by atoms with van der Waals surface area (Å²) in [6, 6.07) is 5.21. The molecular formula is C23H31Cl2N3O3. The smallest absolute Gasteiger partial charge is 0.246 e. The predicted molar refractivity (Wildman–Crippen MR) is 124 cm³/mol. The Balaban J connectivity index is 1.49. The zero-order chi connectivity index (χ0) is 22.4. The summed E-state index contributed by atoms with van der Waals surface area (Å²) in [5, 5.41) is 10.6. The first-order valence-electron chi connectivity index (χ1n) is 10.9. The van der Waals surface area contributed by atoms with Crippen molar-refractivity contribution >= 4 is 41.1 Å². The minimum Gasteiger partial charge on any atom is -0.394 e. The third-order valence-corrected chi connectivity index (χ3v) is 7.10. The molecule has 170 valence electrons. The van der Waals surface area contributed by atoms with Gasteiger partial charge in [-0.2, -0.15) is 0 Å². The largest absolute Gasteiger partial charge is 0.394 e. The van der Waals surface area contributed by atoms with Gasteiger partial charge in [-0.1, -0.05) is 29.3 Å². The predicted octanol–water partition coefficient (Wildman–Crippen LogP) is 3.30. The normalized spacial score (nSPS) is 23.0. The number of rotatable bonds is 7. The number of aliphatic hydroxyl groups excluding tert-OH is 1. The molecule has 1 unspecified atom stereocenters. The molecule has 6 nitrogen and oxygen atoms in total. The Hall–Kier alpha value is -1.60. The second kappa shape index (κ2) is 10.8. The maximum atomic E-state index is 12.6. The summed E-state index contributed by atoms with van der Waals surface area (Å²) in [5.41, 5.74) is 0.666. The van der Waals surface area contributed by atoms with Crippen LogP contribution in [0.15, 0.2) is 24.3 Å². The second-order valence-electron chi connectivity index (χ2n) is 8.56. The summed E-state index contributed by atoms with van der Waals surface area (Å²) in [7, 11) is 0. The van der Waals surface area contributed by atoms with Gasteiger partial charge in [0.2, 0.25) is 11.8 Å². The lowest BCUT2D eigenvalue weighted by Crippen LogP contribution is -2.45. The fourth-order valence-corrected chi connectivity index (χ4v) is 4.61. The molecule has 2 saturated heterocycles. The zero-order valence-electron chi connectivity index (χ0n) is 18.0. The molecule has 2 aliphatic heterocycles. The van der Waals surface area contributed by atoms with Crippen molar-refractivity contribution in [1.82, 2.24) is 14.7 Å². The molecule has 2 heterocycles. The van der Waals surface area contributed by atoms with E-state index < -0.39 is 0 Å². The second-order valence-corrected chi connectivity index (χ2v) is 9.38. The fourth-order valence-electron chi connectivity index (χ4n) is 4.30. The van der Waals surface area contributed by atoms with Gasteiger partial charge in [-0.25, -0.2) is 0 Å². The van der Waals surface area contributed by atoms with Crippen LogP contribution in [-0.2, 0) is 9.59 Å². The number of hydrogen-bond acceptors (Lipinski definition) is 4. The maximum absolute atomic E-state index is 12.6. The van der Waals surface area contributed by atoms with Crippen molar-refractivity contribution in [3.05, 3.63) is 39.9 Å². The van der Waals surface area contributed by atoms with E-state index in [1.165, 1.54) is 6.08 Å². The van der Waals surface area contributed by atoms with Gasteiger partial charge in [0.15, 0.2) is 0 Å². The first-order valence-corrected chi connectivity index (χ1v) is 11.6. The van der Waals surface area contributed by atoms with Crippen LogP contribution in [0.5, 0.6) is 0 Å².